The van der Waals surface area contributed by atoms with Crippen LogP contribution in [-0.4, -0.2) is 38.2 Å². The van der Waals surface area contributed by atoms with Crippen molar-refractivity contribution in [2.24, 2.45) is 0 Å². The number of aryl methyl sites for hydroxylation is 1. The fourth-order valence-corrected chi connectivity index (χ4v) is 2.70. The number of anilines is 1. The van der Waals surface area contributed by atoms with Crippen LogP contribution in [0.4, 0.5) is 5.69 Å². The summed E-state index contributed by atoms with van der Waals surface area (Å²) in [6.45, 7) is 4.67. The molecule has 2 heterocycles. The molecule has 0 bridgehead atoms. The van der Waals surface area contributed by atoms with Gasteiger partial charge < -0.3 is 10.6 Å². The molecular weight excluding hydrogens is 316 g/mol. The van der Waals surface area contributed by atoms with E-state index in [0.29, 0.717) is 5.82 Å². The van der Waals surface area contributed by atoms with Gasteiger partial charge in [-0.3, -0.25) is 4.79 Å². The zero-order valence-electron chi connectivity index (χ0n) is 13.2. The molecule has 1 unspecified atom stereocenters. The van der Waals surface area contributed by atoms with Crippen molar-refractivity contribution >= 4 is 24.0 Å². The van der Waals surface area contributed by atoms with Crippen LogP contribution in [0.3, 0.4) is 0 Å². The SMILES string of the molecule is Cc1nnnn1-c1cccc(NC(=O)C2(C)CCCCN2)c1.Cl. The predicted molar refractivity (Wildman–Crippen MR) is 90.0 cm³/mol. The van der Waals surface area contributed by atoms with Gasteiger partial charge in [-0.15, -0.1) is 17.5 Å². The predicted octanol–water partition coefficient (Wildman–Crippen LogP) is 1.86. The highest BCUT2D eigenvalue weighted by atomic mass is 35.5. The van der Waals surface area contributed by atoms with Crippen molar-refractivity contribution < 1.29 is 4.79 Å². The number of hydrogen-bond donors (Lipinski definition) is 2. The van der Waals surface area contributed by atoms with Crippen molar-refractivity contribution in [3.05, 3.63) is 30.1 Å². The number of piperidine rings is 1. The van der Waals surface area contributed by atoms with Crippen LogP contribution in [0.1, 0.15) is 32.0 Å². The van der Waals surface area contributed by atoms with Crippen LogP contribution in [0.5, 0.6) is 0 Å². The Morgan fingerprint density at radius 1 is 1.39 bits per heavy atom. The highest BCUT2D eigenvalue weighted by Gasteiger charge is 2.34. The minimum absolute atomic E-state index is 0. The number of halogens is 1. The van der Waals surface area contributed by atoms with E-state index in [1.807, 2.05) is 38.1 Å². The molecule has 0 aliphatic carbocycles. The van der Waals surface area contributed by atoms with Crippen LogP contribution < -0.4 is 10.6 Å². The summed E-state index contributed by atoms with van der Waals surface area (Å²) < 4.78 is 1.64. The Hall–Kier alpha value is -1.99. The number of nitrogens with one attached hydrogen (secondary N) is 2. The third-order valence-electron chi connectivity index (χ3n) is 4.09. The highest BCUT2D eigenvalue weighted by molar-refractivity contribution is 5.98. The van der Waals surface area contributed by atoms with Gasteiger partial charge in [0.15, 0.2) is 5.82 Å². The average Bonchev–Trinajstić information content (AvgIpc) is 2.94. The number of aromatic nitrogens is 4. The molecule has 124 valence electrons. The summed E-state index contributed by atoms with van der Waals surface area (Å²) in [7, 11) is 0. The first kappa shape index (κ1) is 17.4. The van der Waals surface area contributed by atoms with Crippen LogP contribution >= 0.6 is 12.4 Å². The van der Waals surface area contributed by atoms with Crippen molar-refractivity contribution in [2.45, 2.75) is 38.6 Å². The van der Waals surface area contributed by atoms with Crippen molar-refractivity contribution in [2.75, 3.05) is 11.9 Å². The minimum atomic E-state index is -0.501. The van der Waals surface area contributed by atoms with Crippen LogP contribution in [0.25, 0.3) is 5.69 Å². The molecule has 8 heteroatoms. The van der Waals surface area contributed by atoms with E-state index >= 15 is 0 Å². The van der Waals surface area contributed by atoms with Gasteiger partial charge in [-0.1, -0.05) is 6.07 Å². The first-order valence-electron chi connectivity index (χ1n) is 7.50. The molecule has 2 aromatic rings. The molecule has 23 heavy (non-hydrogen) atoms. The number of benzene rings is 1. The number of tetrazole rings is 1. The van der Waals surface area contributed by atoms with Gasteiger partial charge in [0.2, 0.25) is 5.91 Å². The van der Waals surface area contributed by atoms with Gasteiger partial charge in [0.25, 0.3) is 0 Å². The van der Waals surface area contributed by atoms with E-state index in [2.05, 4.69) is 26.2 Å². The summed E-state index contributed by atoms with van der Waals surface area (Å²) in [5, 5.41) is 17.8. The van der Waals surface area contributed by atoms with Gasteiger partial charge >= 0.3 is 0 Å². The summed E-state index contributed by atoms with van der Waals surface area (Å²) in [5.74, 6) is 0.696. The summed E-state index contributed by atoms with van der Waals surface area (Å²) in [4.78, 5) is 12.5. The lowest BCUT2D eigenvalue weighted by atomic mass is 9.90. The molecule has 1 aliphatic heterocycles. The van der Waals surface area contributed by atoms with Gasteiger partial charge in [0.1, 0.15) is 0 Å². The van der Waals surface area contributed by atoms with E-state index in [1.165, 1.54) is 0 Å². The Morgan fingerprint density at radius 2 is 2.22 bits per heavy atom. The Balaban J connectivity index is 0.00000192. The Morgan fingerprint density at radius 3 is 2.87 bits per heavy atom. The van der Waals surface area contributed by atoms with E-state index in [0.717, 1.165) is 37.2 Å². The van der Waals surface area contributed by atoms with Crippen molar-refractivity contribution in [1.29, 1.82) is 0 Å². The molecule has 1 aromatic heterocycles. The third kappa shape index (κ3) is 3.68. The van der Waals surface area contributed by atoms with Crippen LogP contribution in [-0.2, 0) is 4.79 Å². The van der Waals surface area contributed by atoms with E-state index in [4.69, 9.17) is 0 Å². The topological polar surface area (TPSA) is 84.7 Å². The fraction of sp³-hybridized carbons (Fsp3) is 0.467. The molecule has 1 saturated heterocycles. The lowest BCUT2D eigenvalue weighted by molar-refractivity contribution is -0.122. The number of carbonyl (C=O) groups excluding carboxylic acids is 1. The standard InChI is InChI=1S/C15H20N6O.ClH/c1-11-18-19-20-21(11)13-7-5-6-12(10-13)17-14(22)15(2)8-3-4-9-16-15;/h5-7,10,16H,3-4,8-9H2,1-2H3,(H,17,22);1H. The third-order valence-corrected chi connectivity index (χ3v) is 4.09. The van der Waals surface area contributed by atoms with Gasteiger partial charge in [-0.2, -0.15) is 4.68 Å². The molecule has 0 radical (unpaired) electrons. The molecule has 0 saturated carbocycles. The minimum Gasteiger partial charge on any atom is -0.324 e. The van der Waals surface area contributed by atoms with Crippen molar-refractivity contribution in [3.8, 4) is 5.69 Å². The lowest BCUT2D eigenvalue weighted by Gasteiger charge is -2.33. The largest absolute Gasteiger partial charge is 0.324 e. The maximum atomic E-state index is 12.5. The van der Waals surface area contributed by atoms with Gasteiger partial charge in [-0.25, -0.2) is 0 Å². The van der Waals surface area contributed by atoms with E-state index < -0.39 is 5.54 Å². The number of hydrogen-bond acceptors (Lipinski definition) is 5. The first-order chi connectivity index (χ1) is 10.6. The molecule has 0 spiro atoms. The second kappa shape index (κ2) is 7.06. The van der Waals surface area contributed by atoms with E-state index in [-0.39, 0.29) is 18.3 Å². The van der Waals surface area contributed by atoms with E-state index in [9.17, 15) is 4.79 Å². The molecular formula is C15H21ClN6O. The fourth-order valence-electron chi connectivity index (χ4n) is 2.70. The second-order valence-corrected chi connectivity index (χ2v) is 5.86. The quantitative estimate of drug-likeness (QED) is 0.893. The van der Waals surface area contributed by atoms with E-state index in [1.54, 1.807) is 4.68 Å². The maximum Gasteiger partial charge on any atom is 0.244 e. The Bertz CT molecular complexity index is 680. The normalized spacial score (nSPS) is 20.6. The summed E-state index contributed by atoms with van der Waals surface area (Å²) in [6.07, 6.45) is 3.04. The molecule has 1 fully saturated rings. The van der Waals surface area contributed by atoms with Crippen LogP contribution in [0, 0.1) is 6.92 Å². The van der Waals surface area contributed by atoms with Crippen LogP contribution in [0.2, 0.25) is 0 Å². The van der Waals surface area contributed by atoms with Crippen LogP contribution in [0.15, 0.2) is 24.3 Å². The smallest absolute Gasteiger partial charge is 0.244 e. The summed E-state index contributed by atoms with van der Waals surface area (Å²) in [6, 6.07) is 7.52. The number of carbonyl (C=O) groups is 1. The summed E-state index contributed by atoms with van der Waals surface area (Å²) in [5.41, 5.74) is 1.06. The van der Waals surface area contributed by atoms with Crippen molar-refractivity contribution in [3.63, 3.8) is 0 Å². The second-order valence-electron chi connectivity index (χ2n) is 5.86. The molecule has 1 atom stereocenters. The lowest BCUT2D eigenvalue weighted by Crippen LogP contribution is -2.54. The maximum absolute atomic E-state index is 12.5. The van der Waals surface area contributed by atoms with Gasteiger partial charge in [0, 0.05) is 5.69 Å². The molecule has 1 aromatic carbocycles. The average molecular weight is 337 g/mol. The Labute approximate surface area is 141 Å². The summed E-state index contributed by atoms with van der Waals surface area (Å²) >= 11 is 0. The molecule has 7 nitrogen and oxygen atoms in total. The number of amides is 1. The van der Waals surface area contributed by atoms with Gasteiger partial charge in [0.05, 0.1) is 11.2 Å². The van der Waals surface area contributed by atoms with Crippen molar-refractivity contribution in [1.82, 2.24) is 25.5 Å². The molecule has 3 rings (SSSR count). The molecule has 1 amide bonds. The van der Waals surface area contributed by atoms with Gasteiger partial charge in [-0.05, 0) is 68.3 Å². The highest BCUT2D eigenvalue weighted by Crippen LogP contribution is 2.22. The number of nitrogens with zero attached hydrogens (tertiary/aromatic N) is 4. The zero-order valence-corrected chi connectivity index (χ0v) is 14.1. The Kier molecular flexibility index (Phi) is 5.33. The first-order valence-corrected chi connectivity index (χ1v) is 7.50. The zero-order chi connectivity index (χ0) is 15.6. The number of rotatable bonds is 3. The molecule has 1 aliphatic rings. The monoisotopic (exact) mass is 336 g/mol. The molecule has 2 N–H and O–H groups in total.